The van der Waals surface area contributed by atoms with Crippen LogP contribution >= 0.6 is 0 Å². The number of aryl methyl sites for hydroxylation is 1. The monoisotopic (exact) mass is 270 g/mol. The van der Waals surface area contributed by atoms with E-state index in [1.165, 1.54) is 17.3 Å². The molecular weight excluding hydrogens is 251 g/mol. The Balaban J connectivity index is 1.98. The minimum atomic E-state index is -0.222. The van der Waals surface area contributed by atoms with Gasteiger partial charge in [-0.3, -0.25) is 0 Å². The molecule has 0 amide bonds. The van der Waals surface area contributed by atoms with Crippen LogP contribution in [-0.2, 0) is 13.0 Å². The predicted molar refractivity (Wildman–Crippen MR) is 81.2 cm³/mol. The second kappa shape index (κ2) is 5.16. The van der Waals surface area contributed by atoms with Crippen LogP contribution in [0.15, 0.2) is 42.5 Å². The first-order chi connectivity index (χ1) is 9.66. The van der Waals surface area contributed by atoms with E-state index in [2.05, 4.69) is 30.0 Å². The van der Waals surface area contributed by atoms with E-state index in [0.717, 1.165) is 12.8 Å². The first-order valence-electron chi connectivity index (χ1n) is 7.04. The Bertz CT molecular complexity index is 604. The highest BCUT2D eigenvalue weighted by Gasteiger charge is 2.24. The summed E-state index contributed by atoms with van der Waals surface area (Å²) in [5, 5.41) is 0. The van der Waals surface area contributed by atoms with Gasteiger partial charge in [-0.25, -0.2) is 4.39 Å². The van der Waals surface area contributed by atoms with Crippen LogP contribution in [0.4, 0.5) is 15.8 Å². The van der Waals surface area contributed by atoms with Crippen molar-refractivity contribution in [2.24, 2.45) is 0 Å². The molecule has 20 heavy (non-hydrogen) atoms. The first kappa shape index (κ1) is 13.0. The van der Waals surface area contributed by atoms with Crippen LogP contribution in [0.1, 0.15) is 24.5 Å². The number of nitrogens with zero attached hydrogens (tertiary/aromatic N) is 1. The molecule has 0 radical (unpaired) electrons. The lowest BCUT2D eigenvalue weighted by atomic mass is 9.96. The van der Waals surface area contributed by atoms with Gasteiger partial charge in [0, 0.05) is 29.5 Å². The third-order valence-electron chi connectivity index (χ3n) is 4.15. The molecule has 1 aliphatic rings. The van der Waals surface area contributed by atoms with Crippen molar-refractivity contribution in [3.63, 3.8) is 0 Å². The molecule has 0 spiro atoms. The van der Waals surface area contributed by atoms with Crippen molar-refractivity contribution in [1.82, 2.24) is 0 Å². The van der Waals surface area contributed by atoms with Gasteiger partial charge in [0.15, 0.2) is 0 Å². The van der Waals surface area contributed by atoms with Crippen molar-refractivity contribution in [2.45, 2.75) is 32.4 Å². The molecule has 3 rings (SSSR count). The van der Waals surface area contributed by atoms with Gasteiger partial charge in [-0.1, -0.05) is 24.3 Å². The molecule has 2 aromatic rings. The van der Waals surface area contributed by atoms with Gasteiger partial charge in [0.25, 0.3) is 0 Å². The standard InChI is InChI=1S/C17H19FN2/c1-12-9-10-13-5-2-3-8-17(13)20(12)11-14-15(18)6-4-7-16(14)19/h2-8,12H,9-11,19H2,1H3. The topological polar surface area (TPSA) is 29.3 Å². The summed E-state index contributed by atoms with van der Waals surface area (Å²) < 4.78 is 14.0. The summed E-state index contributed by atoms with van der Waals surface area (Å²) in [4.78, 5) is 2.26. The van der Waals surface area contributed by atoms with E-state index in [0.29, 0.717) is 23.8 Å². The molecule has 1 atom stereocenters. The molecule has 0 aromatic heterocycles. The third-order valence-corrected chi connectivity index (χ3v) is 4.15. The molecule has 2 aromatic carbocycles. The van der Waals surface area contributed by atoms with E-state index in [1.54, 1.807) is 12.1 Å². The fraction of sp³-hybridized carbons (Fsp3) is 0.294. The van der Waals surface area contributed by atoms with Crippen LogP contribution in [-0.4, -0.2) is 6.04 Å². The number of hydrogen-bond acceptors (Lipinski definition) is 2. The average Bonchev–Trinajstić information content (AvgIpc) is 2.45. The first-order valence-corrected chi connectivity index (χ1v) is 7.04. The molecule has 1 aliphatic heterocycles. The van der Waals surface area contributed by atoms with E-state index in [9.17, 15) is 4.39 Å². The molecule has 0 aliphatic carbocycles. The maximum Gasteiger partial charge on any atom is 0.130 e. The summed E-state index contributed by atoms with van der Waals surface area (Å²) in [5.74, 6) is -0.222. The van der Waals surface area contributed by atoms with Gasteiger partial charge >= 0.3 is 0 Å². The van der Waals surface area contributed by atoms with Crippen LogP contribution in [0, 0.1) is 5.82 Å². The summed E-state index contributed by atoms with van der Waals surface area (Å²) >= 11 is 0. The molecular formula is C17H19FN2. The predicted octanol–water partition coefficient (Wildman–Crippen LogP) is 3.75. The molecule has 0 bridgehead atoms. The second-order valence-corrected chi connectivity index (χ2v) is 5.45. The minimum absolute atomic E-state index is 0.222. The summed E-state index contributed by atoms with van der Waals surface area (Å²) in [6.07, 6.45) is 2.17. The molecule has 0 saturated heterocycles. The largest absolute Gasteiger partial charge is 0.398 e. The average molecular weight is 270 g/mol. The molecule has 1 unspecified atom stereocenters. The lowest BCUT2D eigenvalue weighted by Crippen LogP contribution is -2.37. The Morgan fingerprint density at radius 3 is 2.80 bits per heavy atom. The Morgan fingerprint density at radius 2 is 2.00 bits per heavy atom. The third kappa shape index (κ3) is 2.24. The van der Waals surface area contributed by atoms with Crippen molar-refractivity contribution >= 4 is 11.4 Å². The SMILES string of the molecule is CC1CCc2ccccc2N1Cc1c(N)cccc1F. The maximum atomic E-state index is 14.0. The number of halogens is 1. The van der Waals surface area contributed by atoms with Crippen LogP contribution in [0.3, 0.4) is 0 Å². The summed E-state index contributed by atoms with van der Waals surface area (Å²) in [6.45, 7) is 2.71. The van der Waals surface area contributed by atoms with Gasteiger partial charge in [0.05, 0.1) is 0 Å². The van der Waals surface area contributed by atoms with Crippen LogP contribution in [0.25, 0.3) is 0 Å². The van der Waals surface area contributed by atoms with Crippen LogP contribution < -0.4 is 10.6 Å². The summed E-state index contributed by atoms with van der Waals surface area (Å²) in [7, 11) is 0. The van der Waals surface area contributed by atoms with E-state index < -0.39 is 0 Å². The Morgan fingerprint density at radius 1 is 1.20 bits per heavy atom. The molecule has 104 valence electrons. The van der Waals surface area contributed by atoms with Gasteiger partial charge in [0.2, 0.25) is 0 Å². The lowest BCUT2D eigenvalue weighted by Gasteiger charge is -2.37. The van der Waals surface area contributed by atoms with Crippen molar-refractivity contribution in [3.05, 3.63) is 59.4 Å². The minimum Gasteiger partial charge on any atom is -0.398 e. The number of para-hydroxylation sites is 1. The van der Waals surface area contributed by atoms with Crippen LogP contribution in [0.5, 0.6) is 0 Å². The molecule has 0 saturated carbocycles. The smallest absolute Gasteiger partial charge is 0.130 e. The number of rotatable bonds is 2. The van der Waals surface area contributed by atoms with Gasteiger partial charge < -0.3 is 10.6 Å². The van der Waals surface area contributed by atoms with Gasteiger partial charge in [-0.2, -0.15) is 0 Å². The van der Waals surface area contributed by atoms with E-state index in [1.807, 2.05) is 6.07 Å². The molecule has 1 heterocycles. The second-order valence-electron chi connectivity index (χ2n) is 5.45. The fourth-order valence-electron chi connectivity index (χ4n) is 2.91. The number of nitrogen functional groups attached to an aromatic ring is 1. The molecule has 2 nitrogen and oxygen atoms in total. The zero-order valence-corrected chi connectivity index (χ0v) is 11.6. The molecule has 3 heteroatoms. The number of hydrogen-bond donors (Lipinski definition) is 1. The Labute approximate surface area is 119 Å². The van der Waals surface area contributed by atoms with Gasteiger partial charge in [-0.15, -0.1) is 0 Å². The zero-order chi connectivity index (χ0) is 14.1. The van der Waals surface area contributed by atoms with Gasteiger partial charge in [-0.05, 0) is 43.5 Å². The summed E-state index contributed by atoms with van der Waals surface area (Å²) in [5.41, 5.74) is 9.60. The molecule has 2 N–H and O–H groups in total. The van der Waals surface area contributed by atoms with E-state index >= 15 is 0 Å². The van der Waals surface area contributed by atoms with Crippen LogP contribution in [0.2, 0.25) is 0 Å². The fourth-order valence-corrected chi connectivity index (χ4v) is 2.91. The zero-order valence-electron chi connectivity index (χ0n) is 11.6. The normalized spacial score (nSPS) is 17.9. The summed E-state index contributed by atoms with van der Waals surface area (Å²) in [6, 6.07) is 13.6. The van der Waals surface area contributed by atoms with Crippen molar-refractivity contribution in [3.8, 4) is 0 Å². The van der Waals surface area contributed by atoms with Crippen molar-refractivity contribution in [1.29, 1.82) is 0 Å². The highest BCUT2D eigenvalue weighted by atomic mass is 19.1. The number of benzene rings is 2. The highest BCUT2D eigenvalue weighted by molar-refractivity contribution is 5.58. The van der Waals surface area contributed by atoms with Crippen molar-refractivity contribution < 1.29 is 4.39 Å². The Hall–Kier alpha value is -2.03. The Kier molecular flexibility index (Phi) is 3.35. The van der Waals surface area contributed by atoms with E-state index in [-0.39, 0.29) is 5.82 Å². The van der Waals surface area contributed by atoms with Gasteiger partial charge in [0.1, 0.15) is 5.82 Å². The lowest BCUT2D eigenvalue weighted by molar-refractivity contribution is 0.544. The quantitative estimate of drug-likeness (QED) is 0.842. The number of anilines is 2. The van der Waals surface area contributed by atoms with Crippen molar-refractivity contribution in [2.75, 3.05) is 10.6 Å². The molecule has 0 fully saturated rings. The highest BCUT2D eigenvalue weighted by Crippen LogP contribution is 2.32. The maximum absolute atomic E-state index is 14.0. The van der Waals surface area contributed by atoms with E-state index in [4.69, 9.17) is 5.73 Å². The number of nitrogens with two attached hydrogens (primary N) is 1. The number of fused-ring (bicyclic) bond motifs is 1.